The Balaban J connectivity index is 1.87. The minimum atomic E-state index is -2.30. The van der Waals surface area contributed by atoms with E-state index in [4.69, 9.17) is 16.7 Å². The SMILES string of the molecule is CC(CC(=O)N1CCC(F)(C(=O)O)C1)Cc1ccc(Cl)cc1. The van der Waals surface area contributed by atoms with Crippen LogP contribution in [-0.2, 0) is 16.0 Å². The molecule has 1 N–H and O–H groups in total. The van der Waals surface area contributed by atoms with E-state index in [0.29, 0.717) is 5.02 Å². The number of amides is 1. The highest BCUT2D eigenvalue weighted by Gasteiger charge is 2.46. The van der Waals surface area contributed by atoms with Crippen LogP contribution in [0.25, 0.3) is 0 Å². The van der Waals surface area contributed by atoms with E-state index >= 15 is 0 Å². The number of carboxylic acids is 1. The summed E-state index contributed by atoms with van der Waals surface area (Å²) in [5, 5.41) is 9.51. The molecule has 0 bridgehead atoms. The Morgan fingerprint density at radius 3 is 2.59 bits per heavy atom. The fourth-order valence-electron chi connectivity index (χ4n) is 2.68. The van der Waals surface area contributed by atoms with E-state index < -0.39 is 11.6 Å². The van der Waals surface area contributed by atoms with Gasteiger partial charge in [0.2, 0.25) is 11.6 Å². The van der Waals surface area contributed by atoms with E-state index in [2.05, 4.69) is 0 Å². The lowest BCUT2D eigenvalue weighted by Gasteiger charge is -2.20. The molecule has 1 aliphatic heterocycles. The Bertz CT molecular complexity index is 563. The highest BCUT2D eigenvalue weighted by molar-refractivity contribution is 6.30. The van der Waals surface area contributed by atoms with E-state index in [1.165, 1.54) is 4.90 Å². The number of aliphatic carboxylic acids is 1. The zero-order valence-electron chi connectivity index (χ0n) is 12.4. The predicted molar refractivity (Wildman–Crippen MR) is 81.6 cm³/mol. The van der Waals surface area contributed by atoms with Gasteiger partial charge in [-0.1, -0.05) is 30.7 Å². The molecular formula is C16H19ClFNO3. The molecule has 4 nitrogen and oxygen atoms in total. The molecule has 2 unspecified atom stereocenters. The lowest BCUT2D eigenvalue weighted by atomic mass is 9.97. The summed E-state index contributed by atoms with van der Waals surface area (Å²) in [5.74, 6) is -1.59. The van der Waals surface area contributed by atoms with Crippen LogP contribution in [-0.4, -0.2) is 40.6 Å². The summed E-state index contributed by atoms with van der Waals surface area (Å²) in [6.45, 7) is 1.76. The van der Waals surface area contributed by atoms with Gasteiger partial charge in [-0.3, -0.25) is 4.79 Å². The van der Waals surface area contributed by atoms with Crippen molar-refractivity contribution in [3.63, 3.8) is 0 Å². The van der Waals surface area contributed by atoms with Crippen LogP contribution in [0, 0.1) is 5.92 Å². The lowest BCUT2D eigenvalue weighted by molar-refractivity contribution is -0.150. The largest absolute Gasteiger partial charge is 0.479 e. The van der Waals surface area contributed by atoms with Crippen molar-refractivity contribution in [3.8, 4) is 0 Å². The Hall–Kier alpha value is -1.62. The number of halogens is 2. The van der Waals surface area contributed by atoms with Crippen molar-refractivity contribution in [2.75, 3.05) is 13.1 Å². The number of hydrogen-bond acceptors (Lipinski definition) is 2. The standard InChI is InChI=1S/C16H19ClFNO3/c1-11(8-12-2-4-13(17)5-3-12)9-14(20)19-7-6-16(18,10-19)15(21)22/h2-5,11H,6-10H2,1H3,(H,21,22). The molecule has 2 atom stereocenters. The number of benzene rings is 1. The van der Waals surface area contributed by atoms with Gasteiger partial charge in [0.25, 0.3) is 0 Å². The van der Waals surface area contributed by atoms with Crippen molar-refractivity contribution in [1.82, 2.24) is 4.90 Å². The topological polar surface area (TPSA) is 57.6 Å². The van der Waals surface area contributed by atoms with Crippen LogP contribution in [0.15, 0.2) is 24.3 Å². The number of carboxylic acid groups (broad SMARTS) is 1. The Morgan fingerprint density at radius 2 is 2.05 bits per heavy atom. The van der Waals surface area contributed by atoms with Gasteiger partial charge in [0.05, 0.1) is 6.54 Å². The summed E-state index contributed by atoms with van der Waals surface area (Å²) in [7, 11) is 0. The van der Waals surface area contributed by atoms with Crippen molar-refractivity contribution < 1.29 is 19.1 Å². The van der Waals surface area contributed by atoms with Gasteiger partial charge < -0.3 is 10.0 Å². The van der Waals surface area contributed by atoms with Crippen LogP contribution in [0.1, 0.15) is 25.3 Å². The summed E-state index contributed by atoms with van der Waals surface area (Å²) in [4.78, 5) is 24.3. The van der Waals surface area contributed by atoms with Crippen molar-refractivity contribution in [2.45, 2.75) is 31.9 Å². The maximum Gasteiger partial charge on any atom is 0.343 e. The molecule has 0 saturated carbocycles. The van der Waals surface area contributed by atoms with Gasteiger partial charge in [0, 0.05) is 24.4 Å². The molecule has 1 fully saturated rings. The van der Waals surface area contributed by atoms with Crippen molar-refractivity contribution >= 4 is 23.5 Å². The maximum absolute atomic E-state index is 14.0. The summed E-state index contributed by atoms with van der Waals surface area (Å²) in [6, 6.07) is 7.43. The summed E-state index contributed by atoms with van der Waals surface area (Å²) >= 11 is 5.83. The van der Waals surface area contributed by atoms with E-state index in [1.54, 1.807) is 12.1 Å². The minimum Gasteiger partial charge on any atom is -0.479 e. The molecule has 120 valence electrons. The molecule has 6 heteroatoms. The van der Waals surface area contributed by atoms with Gasteiger partial charge in [-0.25, -0.2) is 9.18 Å². The maximum atomic E-state index is 14.0. The van der Waals surface area contributed by atoms with Crippen molar-refractivity contribution in [1.29, 1.82) is 0 Å². The zero-order valence-corrected chi connectivity index (χ0v) is 13.1. The van der Waals surface area contributed by atoms with Crippen LogP contribution >= 0.6 is 11.6 Å². The average Bonchev–Trinajstić information content (AvgIpc) is 2.85. The first-order valence-electron chi connectivity index (χ1n) is 7.25. The van der Waals surface area contributed by atoms with Crippen LogP contribution in [0.2, 0.25) is 5.02 Å². The van der Waals surface area contributed by atoms with Crippen LogP contribution in [0.4, 0.5) is 4.39 Å². The van der Waals surface area contributed by atoms with Crippen LogP contribution in [0.3, 0.4) is 0 Å². The van der Waals surface area contributed by atoms with Gasteiger partial charge >= 0.3 is 5.97 Å². The zero-order chi connectivity index (χ0) is 16.3. The molecule has 2 rings (SSSR count). The van der Waals surface area contributed by atoms with Gasteiger partial charge in [0.1, 0.15) is 0 Å². The summed E-state index contributed by atoms with van der Waals surface area (Å²) in [6.07, 6.45) is 0.856. The van der Waals surface area contributed by atoms with Gasteiger partial charge in [0.15, 0.2) is 0 Å². The molecule has 0 aliphatic carbocycles. The quantitative estimate of drug-likeness (QED) is 0.904. The van der Waals surface area contributed by atoms with Crippen LogP contribution in [0.5, 0.6) is 0 Å². The first-order chi connectivity index (χ1) is 10.3. The molecule has 1 amide bonds. The number of hydrogen-bond donors (Lipinski definition) is 1. The average molecular weight is 328 g/mol. The Labute approximate surface area is 133 Å². The number of carbonyl (C=O) groups is 2. The molecule has 1 aromatic carbocycles. The molecule has 22 heavy (non-hydrogen) atoms. The monoisotopic (exact) mass is 327 g/mol. The van der Waals surface area contributed by atoms with Crippen LogP contribution < -0.4 is 0 Å². The van der Waals surface area contributed by atoms with E-state index in [-0.39, 0.29) is 37.8 Å². The minimum absolute atomic E-state index is 0.0908. The first kappa shape index (κ1) is 16.7. The second-order valence-corrected chi connectivity index (χ2v) is 6.41. The summed E-state index contributed by atoms with van der Waals surface area (Å²) < 4.78 is 14.0. The highest BCUT2D eigenvalue weighted by atomic mass is 35.5. The highest BCUT2D eigenvalue weighted by Crippen LogP contribution is 2.27. The van der Waals surface area contributed by atoms with Gasteiger partial charge in [-0.2, -0.15) is 0 Å². The molecule has 0 spiro atoms. The summed E-state index contributed by atoms with van der Waals surface area (Å²) in [5.41, 5.74) is -1.22. The van der Waals surface area contributed by atoms with Crippen molar-refractivity contribution in [3.05, 3.63) is 34.9 Å². The number of alkyl halides is 1. The Kier molecular flexibility index (Phi) is 5.06. The number of carbonyl (C=O) groups excluding carboxylic acids is 1. The van der Waals surface area contributed by atoms with E-state index in [1.807, 2.05) is 19.1 Å². The number of likely N-dealkylation sites (tertiary alicyclic amines) is 1. The third-order valence-electron chi connectivity index (χ3n) is 3.98. The smallest absolute Gasteiger partial charge is 0.343 e. The molecule has 1 heterocycles. The molecule has 1 saturated heterocycles. The molecule has 1 aromatic rings. The first-order valence-corrected chi connectivity index (χ1v) is 7.62. The lowest BCUT2D eigenvalue weighted by Crippen LogP contribution is -2.39. The molecule has 0 aromatic heterocycles. The molecule has 0 radical (unpaired) electrons. The van der Waals surface area contributed by atoms with E-state index in [9.17, 15) is 14.0 Å². The molecule has 1 aliphatic rings. The predicted octanol–water partition coefficient (Wildman–Crippen LogP) is 2.93. The fraction of sp³-hybridized carbons (Fsp3) is 0.500. The fourth-order valence-corrected chi connectivity index (χ4v) is 2.81. The van der Waals surface area contributed by atoms with Gasteiger partial charge in [-0.15, -0.1) is 0 Å². The second kappa shape index (κ2) is 6.65. The second-order valence-electron chi connectivity index (χ2n) is 5.98. The number of nitrogens with zero attached hydrogens (tertiary/aromatic N) is 1. The molecular weight excluding hydrogens is 309 g/mol. The number of rotatable bonds is 5. The third-order valence-corrected chi connectivity index (χ3v) is 4.23. The third kappa shape index (κ3) is 3.97. The Morgan fingerprint density at radius 1 is 1.41 bits per heavy atom. The van der Waals surface area contributed by atoms with Gasteiger partial charge in [-0.05, 0) is 30.0 Å². The van der Waals surface area contributed by atoms with E-state index in [0.717, 1.165) is 12.0 Å². The van der Waals surface area contributed by atoms with Crippen molar-refractivity contribution in [2.24, 2.45) is 5.92 Å². The normalized spacial score (nSPS) is 22.6.